The molecule has 116 valence electrons. The minimum absolute atomic E-state index is 0.000353. The van der Waals surface area contributed by atoms with Crippen molar-refractivity contribution in [1.82, 2.24) is 15.1 Å². The zero-order valence-corrected chi connectivity index (χ0v) is 12.9. The van der Waals surface area contributed by atoms with Crippen LogP contribution in [0.4, 0.5) is 5.13 Å². The fourth-order valence-corrected chi connectivity index (χ4v) is 3.65. The van der Waals surface area contributed by atoms with Gasteiger partial charge in [0.15, 0.2) is 0 Å². The van der Waals surface area contributed by atoms with Crippen LogP contribution in [-0.2, 0) is 4.79 Å². The van der Waals surface area contributed by atoms with Gasteiger partial charge >= 0.3 is 0 Å². The molecule has 0 bridgehead atoms. The summed E-state index contributed by atoms with van der Waals surface area (Å²) in [7, 11) is 0. The van der Waals surface area contributed by atoms with Gasteiger partial charge in [-0.15, -0.1) is 10.2 Å². The highest BCUT2D eigenvalue weighted by molar-refractivity contribution is 7.15. The van der Waals surface area contributed by atoms with Gasteiger partial charge in [-0.1, -0.05) is 11.3 Å². The highest BCUT2D eigenvalue weighted by atomic mass is 32.1. The lowest BCUT2D eigenvalue weighted by molar-refractivity contribution is -0.116. The van der Waals surface area contributed by atoms with Crippen molar-refractivity contribution in [3.63, 3.8) is 0 Å². The van der Waals surface area contributed by atoms with Crippen LogP contribution in [0.15, 0.2) is 0 Å². The predicted octanol–water partition coefficient (Wildman–Crippen LogP) is 1.45. The summed E-state index contributed by atoms with van der Waals surface area (Å²) in [5, 5.41) is 21.9. The summed E-state index contributed by atoms with van der Waals surface area (Å²) < 4.78 is 0. The fraction of sp³-hybridized carbons (Fsp3) is 0.786. The van der Waals surface area contributed by atoms with E-state index in [4.69, 9.17) is 0 Å². The molecule has 0 radical (unpaired) electrons. The van der Waals surface area contributed by atoms with Crippen molar-refractivity contribution in [3.05, 3.63) is 5.01 Å². The van der Waals surface area contributed by atoms with Gasteiger partial charge in [0.1, 0.15) is 5.01 Å². The number of aromatic nitrogens is 2. The summed E-state index contributed by atoms with van der Waals surface area (Å²) in [6.45, 7) is 2.91. The third-order valence-corrected chi connectivity index (χ3v) is 5.13. The van der Waals surface area contributed by atoms with E-state index in [1.165, 1.54) is 24.2 Å². The largest absolute Gasteiger partial charge is 0.396 e. The zero-order valence-electron chi connectivity index (χ0n) is 12.1. The minimum atomic E-state index is -0.000353. The monoisotopic (exact) mass is 310 g/mol. The first-order valence-corrected chi connectivity index (χ1v) is 8.52. The molecule has 0 aromatic carbocycles. The Hall–Kier alpha value is -1.05. The van der Waals surface area contributed by atoms with E-state index in [0.29, 0.717) is 23.4 Å². The number of hydrogen-bond acceptors (Lipinski definition) is 6. The molecule has 21 heavy (non-hydrogen) atoms. The van der Waals surface area contributed by atoms with Gasteiger partial charge in [0.05, 0.1) is 0 Å². The topological polar surface area (TPSA) is 78.4 Å². The number of anilines is 1. The summed E-state index contributed by atoms with van der Waals surface area (Å²) in [5.41, 5.74) is 0. The second-order valence-corrected chi connectivity index (χ2v) is 7.02. The van der Waals surface area contributed by atoms with Gasteiger partial charge in [0, 0.05) is 32.0 Å². The molecule has 2 N–H and O–H groups in total. The Kier molecular flexibility index (Phi) is 4.82. The van der Waals surface area contributed by atoms with Crippen molar-refractivity contribution in [2.24, 2.45) is 5.92 Å². The van der Waals surface area contributed by atoms with Crippen LogP contribution in [0.2, 0.25) is 0 Å². The minimum Gasteiger partial charge on any atom is -0.396 e. The van der Waals surface area contributed by atoms with Crippen LogP contribution in [-0.4, -0.2) is 52.4 Å². The number of hydrogen-bond donors (Lipinski definition) is 2. The first-order chi connectivity index (χ1) is 10.2. The first-order valence-electron chi connectivity index (χ1n) is 7.71. The molecule has 1 saturated heterocycles. The highest BCUT2D eigenvalue weighted by Crippen LogP contribution is 2.42. The zero-order chi connectivity index (χ0) is 14.7. The molecule has 1 atom stereocenters. The van der Waals surface area contributed by atoms with E-state index >= 15 is 0 Å². The van der Waals surface area contributed by atoms with E-state index in [2.05, 4.69) is 20.4 Å². The quantitative estimate of drug-likeness (QED) is 0.831. The Morgan fingerprint density at radius 1 is 1.38 bits per heavy atom. The summed E-state index contributed by atoms with van der Waals surface area (Å²) in [6, 6.07) is 0. The number of carbonyl (C=O) groups is 1. The summed E-state index contributed by atoms with van der Waals surface area (Å²) in [6.07, 6.45) is 5.06. The molecule has 1 aromatic rings. The molecule has 1 aromatic heterocycles. The molecule has 6 nitrogen and oxygen atoms in total. The number of aliphatic hydroxyl groups is 1. The molecule has 7 heteroatoms. The van der Waals surface area contributed by atoms with Gasteiger partial charge in [0.2, 0.25) is 11.0 Å². The van der Waals surface area contributed by atoms with Gasteiger partial charge in [-0.25, -0.2) is 0 Å². The number of nitrogens with zero attached hydrogens (tertiary/aromatic N) is 3. The lowest BCUT2D eigenvalue weighted by atomic mass is 9.99. The summed E-state index contributed by atoms with van der Waals surface area (Å²) in [5.74, 6) is 0.947. The molecule has 1 aliphatic carbocycles. The Labute approximate surface area is 128 Å². The van der Waals surface area contributed by atoms with Crippen molar-refractivity contribution >= 4 is 22.4 Å². The fourth-order valence-electron chi connectivity index (χ4n) is 2.73. The van der Waals surface area contributed by atoms with Crippen LogP contribution in [0.5, 0.6) is 0 Å². The number of piperidine rings is 1. The van der Waals surface area contributed by atoms with Crippen LogP contribution in [0.1, 0.15) is 43.0 Å². The lowest BCUT2D eigenvalue weighted by Crippen LogP contribution is -2.38. The van der Waals surface area contributed by atoms with Crippen molar-refractivity contribution in [3.8, 4) is 0 Å². The average molecular weight is 310 g/mol. The van der Waals surface area contributed by atoms with Crippen molar-refractivity contribution in [1.29, 1.82) is 0 Å². The van der Waals surface area contributed by atoms with Crippen LogP contribution in [0.3, 0.4) is 0 Å². The standard InChI is InChI=1S/C14H22N4O2S/c19-9-10-2-1-6-18(8-10)7-5-12(20)15-14-17-16-13(21-14)11-3-4-11/h10-11,19H,1-9H2,(H,15,17,20). The van der Waals surface area contributed by atoms with Gasteiger partial charge in [0.25, 0.3) is 0 Å². The van der Waals surface area contributed by atoms with Crippen molar-refractivity contribution in [2.75, 3.05) is 31.6 Å². The predicted molar refractivity (Wildman–Crippen MR) is 81.4 cm³/mol. The number of aliphatic hydroxyl groups excluding tert-OH is 1. The number of rotatable bonds is 6. The molecule has 2 aliphatic rings. The molecule has 0 spiro atoms. The Morgan fingerprint density at radius 3 is 3.00 bits per heavy atom. The molecular formula is C14H22N4O2S. The molecular weight excluding hydrogens is 288 g/mol. The number of nitrogens with one attached hydrogen (secondary N) is 1. The maximum Gasteiger partial charge on any atom is 0.227 e. The molecule has 1 amide bonds. The molecule has 3 rings (SSSR count). The Balaban J connectivity index is 1.41. The van der Waals surface area contributed by atoms with Gasteiger partial charge < -0.3 is 15.3 Å². The smallest absolute Gasteiger partial charge is 0.227 e. The van der Waals surface area contributed by atoms with E-state index in [0.717, 1.165) is 37.5 Å². The van der Waals surface area contributed by atoms with Gasteiger partial charge in [-0.3, -0.25) is 4.79 Å². The Morgan fingerprint density at radius 2 is 2.24 bits per heavy atom. The maximum atomic E-state index is 12.0. The number of likely N-dealkylation sites (tertiary alicyclic amines) is 1. The molecule has 2 heterocycles. The van der Waals surface area contributed by atoms with Gasteiger partial charge in [-0.05, 0) is 38.1 Å². The van der Waals surface area contributed by atoms with Crippen molar-refractivity contribution < 1.29 is 9.90 Å². The van der Waals surface area contributed by atoms with E-state index in [1.54, 1.807) is 0 Å². The molecule has 2 fully saturated rings. The third-order valence-electron chi connectivity index (χ3n) is 4.13. The van der Waals surface area contributed by atoms with Gasteiger partial charge in [-0.2, -0.15) is 0 Å². The molecule has 1 unspecified atom stereocenters. The second-order valence-electron chi connectivity index (χ2n) is 6.01. The van der Waals surface area contributed by atoms with Crippen molar-refractivity contribution in [2.45, 2.75) is 38.0 Å². The van der Waals surface area contributed by atoms with Crippen LogP contribution in [0.25, 0.3) is 0 Å². The normalized spacial score (nSPS) is 23.2. The maximum absolute atomic E-state index is 12.0. The van der Waals surface area contributed by atoms with Crippen LogP contribution < -0.4 is 5.32 Å². The lowest BCUT2D eigenvalue weighted by Gasteiger charge is -2.31. The highest BCUT2D eigenvalue weighted by Gasteiger charge is 2.27. The number of carbonyl (C=O) groups excluding carboxylic acids is 1. The van der Waals surface area contributed by atoms with E-state index < -0.39 is 0 Å². The Bertz CT molecular complexity index is 489. The SMILES string of the molecule is O=C(CCN1CCCC(CO)C1)Nc1nnc(C2CC2)s1. The van der Waals surface area contributed by atoms with E-state index in [-0.39, 0.29) is 12.5 Å². The third kappa shape index (κ3) is 4.21. The van der Waals surface area contributed by atoms with Crippen LogP contribution >= 0.6 is 11.3 Å². The second kappa shape index (κ2) is 6.81. The molecule has 1 aliphatic heterocycles. The summed E-state index contributed by atoms with van der Waals surface area (Å²) in [4.78, 5) is 14.2. The van der Waals surface area contributed by atoms with Crippen LogP contribution in [0, 0.1) is 5.92 Å². The first kappa shape index (κ1) is 14.9. The average Bonchev–Trinajstić information content (AvgIpc) is 3.26. The van der Waals surface area contributed by atoms with E-state index in [1.807, 2.05) is 0 Å². The van der Waals surface area contributed by atoms with E-state index in [9.17, 15) is 9.90 Å². The summed E-state index contributed by atoms with van der Waals surface area (Å²) >= 11 is 1.50. The number of amides is 1. The molecule has 1 saturated carbocycles.